The summed E-state index contributed by atoms with van der Waals surface area (Å²) in [5, 5.41) is 0.913. The number of rotatable bonds is 6. The summed E-state index contributed by atoms with van der Waals surface area (Å²) in [4.78, 5) is 22.3. The Morgan fingerprint density at radius 2 is 1.91 bits per heavy atom. The van der Waals surface area contributed by atoms with Gasteiger partial charge in [0, 0.05) is 32.7 Å². The summed E-state index contributed by atoms with van der Waals surface area (Å²) in [6.07, 6.45) is 2.12. The van der Waals surface area contributed by atoms with Crippen LogP contribution in [0.25, 0.3) is 10.2 Å². The van der Waals surface area contributed by atoms with Crippen molar-refractivity contribution < 1.29 is 17.9 Å². The van der Waals surface area contributed by atoms with Gasteiger partial charge in [0.05, 0.1) is 15.6 Å². The van der Waals surface area contributed by atoms with Crippen LogP contribution in [0.2, 0.25) is 4.34 Å². The number of thiophene rings is 1. The summed E-state index contributed by atoms with van der Waals surface area (Å²) in [5.74, 6) is 0.672. The smallest absolute Gasteiger partial charge is 0.253 e. The standard InChI is InChI=1S/C23H27ClN4O4S3/c1-2-32-17-7-5-8-18-21(17)25-23(33-18)27-14-12-26(13-15-27)22(29)16-6-3-4-11-28(16)35(30,31)20-10-9-19(24)34-20/h5,7-10,16H,2-4,6,11-15H2,1H3. The van der Waals surface area contributed by atoms with E-state index in [2.05, 4.69) is 4.90 Å². The quantitative estimate of drug-likeness (QED) is 0.452. The average molecular weight is 555 g/mol. The first kappa shape index (κ1) is 24.8. The molecule has 2 aromatic heterocycles. The molecule has 1 aromatic carbocycles. The number of hydrogen-bond acceptors (Lipinski definition) is 8. The molecule has 2 aliphatic rings. The highest BCUT2D eigenvalue weighted by atomic mass is 35.5. The molecule has 35 heavy (non-hydrogen) atoms. The second-order valence-corrected chi connectivity index (χ2v) is 13.4. The van der Waals surface area contributed by atoms with Gasteiger partial charge in [-0.25, -0.2) is 13.4 Å². The van der Waals surface area contributed by atoms with Crippen LogP contribution in [0, 0.1) is 0 Å². The van der Waals surface area contributed by atoms with E-state index in [0.29, 0.717) is 50.1 Å². The van der Waals surface area contributed by atoms with Gasteiger partial charge in [0.15, 0.2) is 5.13 Å². The summed E-state index contributed by atoms with van der Waals surface area (Å²) < 4.78 is 35.3. The van der Waals surface area contributed by atoms with Crippen molar-refractivity contribution in [2.45, 2.75) is 36.4 Å². The number of thiazole rings is 1. The number of nitrogens with zero attached hydrogens (tertiary/aromatic N) is 4. The third-order valence-electron chi connectivity index (χ3n) is 6.38. The van der Waals surface area contributed by atoms with E-state index >= 15 is 0 Å². The topological polar surface area (TPSA) is 83.0 Å². The number of ether oxygens (including phenoxy) is 1. The summed E-state index contributed by atoms with van der Waals surface area (Å²) in [5.41, 5.74) is 0.865. The van der Waals surface area contributed by atoms with Gasteiger partial charge in [-0.05, 0) is 44.0 Å². The second kappa shape index (κ2) is 10.2. The zero-order chi connectivity index (χ0) is 24.6. The van der Waals surface area contributed by atoms with Gasteiger partial charge in [0.1, 0.15) is 21.5 Å². The van der Waals surface area contributed by atoms with Crippen LogP contribution in [0.3, 0.4) is 0 Å². The Morgan fingerprint density at radius 1 is 1.11 bits per heavy atom. The van der Waals surface area contributed by atoms with Gasteiger partial charge in [-0.2, -0.15) is 4.31 Å². The third kappa shape index (κ3) is 4.89. The number of halogens is 1. The van der Waals surface area contributed by atoms with Crippen molar-refractivity contribution in [3.05, 3.63) is 34.7 Å². The van der Waals surface area contributed by atoms with E-state index in [1.54, 1.807) is 22.3 Å². The molecule has 0 saturated carbocycles. The van der Waals surface area contributed by atoms with Gasteiger partial charge in [-0.1, -0.05) is 35.4 Å². The van der Waals surface area contributed by atoms with E-state index in [-0.39, 0.29) is 10.1 Å². The first-order valence-electron chi connectivity index (χ1n) is 11.7. The Kier molecular flexibility index (Phi) is 7.23. The minimum atomic E-state index is -3.76. The number of benzene rings is 1. The maximum Gasteiger partial charge on any atom is 0.253 e. The summed E-state index contributed by atoms with van der Waals surface area (Å²) in [7, 11) is -3.76. The molecule has 0 bridgehead atoms. The van der Waals surface area contributed by atoms with Crippen molar-refractivity contribution in [1.82, 2.24) is 14.2 Å². The Balaban J connectivity index is 1.28. The van der Waals surface area contributed by atoms with Crippen molar-refractivity contribution in [2.24, 2.45) is 0 Å². The molecule has 12 heteroatoms. The molecule has 0 radical (unpaired) electrons. The average Bonchev–Trinajstić information content (AvgIpc) is 3.51. The number of anilines is 1. The lowest BCUT2D eigenvalue weighted by atomic mass is 10.0. The number of para-hydroxylation sites is 1. The van der Waals surface area contributed by atoms with Crippen molar-refractivity contribution >= 4 is 65.6 Å². The van der Waals surface area contributed by atoms with Crippen molar-refractivity contribution in [2.75, 3.05) is 44.2 Å². The summed E-state index contributed by atoms with van der Waals surface area (Å²) in [6, 6.07) is 8.37. The van der Waals surface area contributed by atoms with Crippen LogP contribution in [-0.2, 0) is 14.8 Å². The molecule has 1 amide bonds. The number of sulfonamides is 1. The molecule has 0 N–H and O–H groups in total. The minimum absolute atomic E-state index is 0.112. The summed E-state index contributed by atoms with van der Waals surface area (Å²) in [6.45, 7) is 5.24. The molecule has 188 valence electrons. The lowest BCUT2D eigenvalue weighted by Crippen LogP contribution is -2.57. The van der Waals surface area contributed by atoms with E-state index in [0.717, 1.165) is 45.3 Å². The number of piperazine rings is 1. The van der Waals surface area contributed by atoms with Crippen LogP contribution in [0.1, 0.15) is 26.2 Å². The molecule has 1 atom stereocenters. The highest BCUT2D eigenvalue weighted by Crippen LogP contribution is 2.35. The normalized spacial score (nSPS) is 19.9. The fourth-order valence-corrected chi connectivity index (χ4v) is 8.94. The van der Waals surface area contributed by atoms with Gasteiger partial charge < -0.3 is 14.5 Å². The molecule has 0 spiro atoms. The molecule has 2 fully saturated rings. The molecule has 2 saturated heterocycles. The minimum Gasteiger partial charge on any atom is -0.492 e. The number of fused-ring (bicyclic) bond motifs is 1. The van der Waals surface area contributed by atoms with Gasteiger partial charge in [0.2, 0.25) is 5.91 Å². The van der Waals surface area contributed by atoms with E-state index in [9.17, 15) is 13.2 Å². The molecule has 8 nitrogen and oxygen atoms in total. The van der Waals surface area contributed by atoms with E-state index < -0.39 is 16.1 Å². The largest absolute Gasteiger partial charge is 0.492 e. The molecule has 5 rings (SSSR count). The van der Waals surface area contributed by atoms with Crippen LogP contribution >= 0.6 is 34.3 Å². The van der Waals surface area contributed by atoms with Crippen LogP contribution in [0.4, 0.5) is 5.13 Å². The highest BCUT2D eigenvalue weighted by molar-refractivity contribution is 7.91. The molecular formula is C23H27ClN4O4S3. The Labute approximate surface area is 218 Å². The Hall–Kier alpha value is -1.92. The molecule has 4 heterocycles. The number of carbonyl (C=O) groups excluding carboxylic acids is 1. The Bertz CT molecular complexity index is 1320. The first-order valence-corrected chi connectivity index (χ1v) is 15.2. The van der Waals surface area contributed by atoms with E-state index in [1.165, 1.54) is 10.4 Å². The Morgan fingerprint density at radius 3 is 2.63 bits per heavy atom. The van der Waals surface area contributed by atoms with Crippen molar-refractivity contribution in [3.63, 3.8) is 0 Å². The molecule has 3 aromatic rings. The van der Waals surface area contributed by atoms with E-state index in [4.69, 9.17) is 21.3 Å². The first-order chi connectivity index (χ1) is 16.9. The predicted molar refractivity (Wildman–Crippen MR) is 140 cm³/mol. The lowest BCUT2D eigenvalue weighted by molar-refractivity contribution is -0.136. The number of piperidine rings is 1. The van der Waals surface area contributed by atoms with Crippen LogP contribution in [-0.4, -0.2) is 73.9 Å². The van der Waals surface area contributed by atoms with Crippen molar-refractivity contribution in [3.8, 4) is 5.75 Å². The molecule has 0 aliphatic carbocycles. The predicted octanol–water partition coefficient (Wildman–Crippen LogP) is 4.30. The highest BCUT2D eigenvalue weighted by Gasteiger charge is 2.40. The van der Waals surface area contributed by atoms with Crippen LogP contribution < -0.4 is 9.64 Å². The van der Waals surface area contributed by atoms with Gasteiger partial charge in [0.25, 0.3) is 10.0 Å². The van der Waals surface area contributed by atoms with Crippen molar-refractivity contribution in [1.29, 1.82) is 0 Å². The summed E-state index contributed by atoms with van der Waals surface area (Å²) >= 11 is 8.63. The monoisotopic (exact) mass is 554 g/mol. The molecule has 2 aliphatic heterocycles. The maximum absolute atomic E-state index is 13.5. The fraction of sp³-hybridized carbons (Fsp3) is 0.478. The van der Waals surface area contributed by atoms with Gasteiger partial charge in [-0.3, -0.25) is 4.79 Å². The zero-order valence-corrected chi connectivity index (χ0v) is 22.6. The van der Waals surface area contributed by atoms with Crippen LogP contribution in [0.5, 0.6) is 5.75 Å². The molecular weight excluding hydrogens is 528 g/mol. The van der Waals surface area contributed by atoms with Gasteiger partial charge in [-0.15, -0.1) is 11.3 Å². The number of aromatic nitrogens is 1. The van der Waals surface area contributed by atoms with Gasteiger partial charge >= 0.3 is 0 Å². The van der Waals surface area contributed by atoms with E-state index in [1.807, 2.05) is 25.1 Å². The third-order valence-corrected chi connectivity index (χ3v) is 11.1. The molecule has 1 unspecified atom stereocenters. The fourth-order valence-electron chi connectivity index (χ4n) is 4.64. The lowest BCUT2D eigenvalue weighted by Gasteiger charge is -2.40. The zero-order valence-electron chi connectivity index (χ0n) is 19.4. The van der Waals surface area contributed by atoms with Crippen LogP contribution in [0.15, 0.2) is 34.5 Å². The number of hydrogen-bond donors (Lipinski definition) is 0. The number of carbonyl (C=O) groups is 1. The number of amides is 1. The second-order valence-electron chi connectivity index (χ2n) is 8.53. The SMILES string of the molecule is CCOc1cccc2sc(N3CCN(C(=O)C4CCCCN4S(=O)(=O)c4ccc(Cl)s4)CC3)nc12. The maximum atomic E-state index is 13.5.